The van der Waals surface area contributed by atoms with Crippen LogP contribution in [0, 0.1) is 0 Å². The van der Waals surface area contributed by atoms with E-state index in [1.165, 1.54) is 0 Å². The number of fused-ring (bicyclic) bond motifs is 1. The second kappa shape index (κ2) is 4.32. The molecule has 0 saturated carbocycles. The van der Waals surface area contributed by atoms with E-state index in [0.717, 1.165) is 34.3 Å². The molecule has 0 aliphatic rings. The highest BCUT2D eigenvalue weighted by Gasteiger charge is 2.07. The Kier molecular flexibility index (Phi) is 3.08. The van der Waals surface area contributed by atoms with Gasteiger partial charge in [-0.1, -0.05) is 6.07 Å². The molecule has 1 aromatic carbocycles. The molecule has 14 heavy (non-hydrogen) atoms. The predicted octanol–water partition coefficient (Wildman–Crippen LogP) is 3.76. The van der Waals surface area contributed by atoms with E-state index in [2.05, 4.69) is 20.9 Å². The summed E-state index contributed by atoms with van der Waals surface area (Å²) in [6.07, 6.45) is 1.69. The molecular formula is C10H9BrClNO. The van der Waals surface area contributed by atoms with Gasteiger partial charge in [-0.3, -0.25) is 0 Å². The molecule has 0 aliphatic heterocycles. The van der Waals surface area contributed by atoms with E-state index in [1.54, 1.807) is 0 Å². The summed E-state index contributed by atoms with van der Waals surface area (Å²) in [5.74, 6) is 1.40. The van der Waals surface area contributed by atoms with Gasteiger partial charge in [0.15, 0.2) is 11.5 Å². The third kappa shape index (κ3) is 1.93. The van der Waals surface area contributed by atoms with Crippen LogP contribution in [0.1, 0.15) is 12.3 Å². The number of para-hydroxylation sites is 1. The van der Waals surface area contributed by atoms with Crippen LogP contribution in [0.3, 0.4) is 0 Å². The van der Waals surface area contributed by atoms with E-state index in [0.29, 0.717) is 5.88 Å². The van der Waals surface area contributed by atoms with Crippen molar-refractivity contribution in [2.24, 2.45) is 0 Å². The summed E-state index contributed by atoms with van der Waals surface area (Å²) in [4.78, 5) is 4.36. The van der Waals surface area contributed by atoms with Crippen LogP contribution in [0.4, 0.5) is 0 Å². The minimum atomic E-state index is 0.639. The molecule has 0 spiro atoms. The van der Waals surface area contributed by atoms with Crippen molar-refractivity contribution in [1.82, 2.24) is 4.98 Å². The van der Waals surface area contributed by atoms with Gasteiger partial charge in [-0.25, -0.2) is 4.98 Å². The summed E-state index contributed by atoms with van der Waals surface area (Å²) in [5.41, 5.74) is 1.71. The van der Waals surface area contributed by atoms with Crippen LogP contribution in [0.2, 0.25) is 0 Å². The Labute approximate surface area is 95.4 Å². The van der Waals surface area contributed by atoms with Gasteiger partial charge in [0.1, 0.15) is 5.52 Å². The first kappa shape index (κ1) is 9.99. The average molecular weight is 275 g/mol. The number of halogens is 2. The molecule has 0 bridgehead atoms. The highest BCUT2D eigenvalue weighted by molar-refractivity contribution is 9.10. The van der Waals surface area contributed by atoms with Gasteiger partial charge in [0.05, 0.1) is 4.47 Å². The van der Waals surface area contributed by atoms with Crippen molar-refractivity contribution >= 4 is 38.6 Å². The lowest BCUT2D eigenvalue weighted by molar-refractivity contribution is 0.525. The van der Waals surface area contributed by atoms with E-state index in [4.69, 9.17) is 16.0 Å². The van der Waals surface area contributed by atoms with Crippen LogP contribution in [0.15, 0.2) is 27.1 Å². The quantitative estimate of drug-likeness (QED) is 0.797. The Hall–Kier alpha value is -0.540. The SMILES string of the molecule is ClCCCc1nc2cccc(Br)c2o1. The number of hydrogen-bond acceptors (Lipinski definition) is 2. The first-order valence-electron chi connectivity index (χ1n) is 4.41. The van der Waals surface area contributed by atoms with E-state index < -0.39 is 0 Å². The lowest BCUT2D eigenvalue weighted by Gasteiger charge is -1.89. The molecule has 1 heterocycles. The zero-order valence-corrected chi connectivity index (χ0v) is 9.81. The Morgan fingerprint density at radius 1 is 1.43 bits per heavy atom. The van der Waals surface area contributed by atoms with Crippen molar-refractivity contribution in [1.29, 1.82) is 0 Å². The van der Waals surface area contributed by atoms with Crippen LogP contribution in [0.5, 0.6) is 0 Å². The summed E-state index contributed by atoms with van der Waals surface area (Å²) in [5, 5.41) is 0. The van der Waals surface area contributed by atoms with Gasteiger partial charge < -0.3 is 4.42 Å². The highest BCUT2D eigenvalue weighted by atomic mass is 79.9. The molecular weight excluding hydrogens is 265 g/mol. The standard InChI is InChI=1S/C10H9BrClNO/c11-7-3-1-4-8-10(7)14-9(13-8)5-2-6-12/h1,3-4H,2,5-6H2. The molecule has 0 unspecified atom stereocenters. The van der Waals surface area contributed by atoms with Gasteiger partial charge in [-0.05, 0) is 34.5 Å². The van der Waals surface area contributed by atoms with Gasteiger partial charge in [0, 0.05) is 12.3 Å². The summed E-state index contributed by atoms with van der Waals surface area (Å²) in [7, 11) is 0. The summed E-state index contributed by atoms with van der Waals surface area (Å²) in [6.45, 7) is 0. The van der Waals surface area contributed by atoms with Gasteiger partial charge in [0.25, 0.3) is 0 Å². The zero-order chi connectivity index (χ0) is 9.97. The van der Waals surface area contributed by atoms with Crippen LogP contribution in [-0.2, 0) is 6.42 Å². The lowest BCUT2D eigenvalue weighted by atomic mass is 10.3. The Morgan fingerprint density at radius 3 is 3.00 bits per heavy atom. The van der Waals surface area contributed by atoms with Crippen molar-refractivity contribution in [3.05, 3.63) is 28.6 Å². The van der Waals surface area contributed by atoms with E-state index in [1.807, 2.05) is 18.2 Å². The largest absolute Gasteiger partial charge is 0.440 e. The normalized spacial score (nSPS) is 11.0. The molecule has 0 atom stereocenters. The number of aromatic nitrogens is 1. The number of benzene rings is 1. The highest BCUT2D eigenvalue weighted by Crippen LogP contribution is 2.24. The maximum atomic E-state index is 5.60. The van der Waals surface area contributed by atoms with Gasteiger partial charge in [-0.2, -0.15) is 0 Å². The molecule has 1 aromatic heterocycles. The van der Waals surface area contributed by atoms with Gasteiger partial charge in [0.2, 0.25) is 0 Å². The fraction of sp³-hybridized carbons (Fsp3) is 0.300. The van der Waals surface area contributed by atoms with Crippen molar-refractivity contribution in [2.45, 2.75) is 12.8 Å². The third-order valence-corrected chi connectivity index (χ3v) is 2.83. The van der Waals surface area contributed by atoms with Gasteiger partial charge in [-0.15, -0.1) is 11.6 Å². The Balaban J connectivity index is 2.36. The Morgan fingerprint density at radius 2 is 2.29 bits per heavy atom. The number of alkyl halides is 1. The minimum absolute atomic E-state index is 0.639. The Bertz CT molecular complexity index is 441. The first-order chi connectivity index (χ1) is 6.81. The molecule has 0 N–H and O–H groups in total. The van der Waals surface area contributed by atoms with E-state index in [9.17, 15) is 0 Å². The monoisotopic (exact) mass is 273 g/mol. The molecule has 2 aromatic rings. The van der Waals surface area contributed by atoms with Gasteiger partial charge >= 0.3 is 0 Å². The van der Waals surface area contributed by atoms with Crippen molar-refractivity contribution in [3.63, 3.8) is 0 Å². The maximum absolute atomic E-state index is 5.60. The molecule has 0 amide bonds. The molecule has 0 aliphatic carbocycles. The van der Waals surface area contributed by atoms with Crippen molar-refractivity contribution in [3.8, 4) is 0 Å². The third-order valence-electron chi connectivity index (χ3n) is 1.94. The molecule has 0 saturated heterocycles. The molecule has 0 fully saturated rings. The van der Waals surface area contributed by atoms with Crippen LogP contribution in [0.25, 0.3) is 11.1 Å². The van der Waals surface area contributed by atoms with E-state index >= 15 is 0 Å². The van der Waals surface area contributed by atoms with Crippen LogP contribution in [-0.4, -0.2) is 10.9 Å². The number of nitrogens with zero attached hydrogens (tertiary/aromatic N) is 1. The van der Waals surface area contributed by atoms with E-state index in [-0.39, 0.29) is 0 Å². The second-order valence-corrected chi connectivity index (χ2v) is 4.22. The molecule has 0 radical (unpaired) electrons. The molecule has 2 rings (SSSR count). The molecule has 4 heteroatoms. The average Bonchev–Trinajstić information content (AvgIpc) is 2.59. The smallest absolute Gasteiger partial charge is 0.195 e. The maximum Gasteiger partial charge on any atom is 0.195 e. The first-order valence-corrected chi connectivity index (χ1v) is 5.74. The number of aryl methyl sites for hydroxylation is 1. The fourth-order valence-electron chi connectivity index (χ4n) is 1.29. The second-order valence-electron chi connectivity index (χ2n) is 2.99. The topological polar surface area (TPSA) is 26.0 Å². The number of rotatable bonds is 3. The molecule has 2 nitrogen and oxygen atoms in total. The minimum Gasteiger partial charge on any atom is -0.440 e. The van der Waals surface area contributed by atoms with Crippen molar-refractivity contribution in [2.75, 3.05) is 5.88 Å². The van der Waals surface area contributed by atoms with Crippen LogP contribution < -0.4 is 0 Å². The number of oxazole rings is 1. The van der Waals surface area contributed by atoms with Crippen molar-refractivity contribution < 1.29 is 4.42 Å². The number of hydrogen-bond donors (Lipinski definition) is 0. The lowest BCUT2D eigenvalue weighted by Crippen LogP contribution is -1.84. The summed E-state index contributed by atoms with van der Waals surface area (Å²) < 4.78 is 6.53. The summed E-state index contributed by atoms with van der Waals surface area (Å²) in [6, 6.07) is 5.83. The predicted molar refractivity (Wildman–Crippen MR) is 60.8 cm³/mol. The van der Waals surface area contributed by atoms with Crippen LogP contribution >= 0.6 is 27.5 Å². The zero-order valence-electron chi connectivity index (χ0n) is 7.46. The summed E-state index contributed by atoms with van der Waals surface area (Å²) >= 11 is 9.02. The fourth-order valence-corrected chi connectivity index (χ4v) is 1.86. The molecule has 74 valence electrons.